The molecule has 2 aromatic carbocycles. The van der Waals surface area contributed by atoms with E-state index in [2.05, 4.69) is 20.6 Å². The molecule has 24 heavy (non-hydrogen) atoms. The third kappa shape index (κ3) is 3.86. The van der Waals surface area contributed by atoms with E-state index in [0.717, 1.165) is 11.4 Å². The minimum Gasteiger partial charge on any atom is -0.497 e. The van der Waals surface area contributed by atoms with E-state index in [9.17, 15) is 4.79 Å². The number of methoxy groups -OCH3 is 1. The first-order valence-electron chi connectivity index (χ1n) is 7.34. The lowest BCUT2D eigenvalue weighted by Crippen LogP contribution is -2.14. The number of anilines is 3. The minimum absolute atomic E-state index is 0.249. The summed E-state index contributed by atoms with van der Waals surface area (Å²) in [6, 6.07) is 16.6. The van der Waals surface area contributed by atoms with E-state index in [1.807, 2.05) is 54.6 Å². The summed E-state index contributed by atoms with van der Waals surface area (Å²) in [5.41, 5.74) is 1.82. The molecule has 0 atom stereocenters. The Morgan fingerprint density at radius 1 is 0.917 bits per heavy atom. The molecule has 0 spiro atoms. The molecular weight excluding hydrogens is 304 g/mol. The van der Waals surface area contributed by atoms with Crippen LogP contribution in [0.5, 0.6) is 5.75 Å². The SMILES string of the molecule is COc1ccc(Nc2cnc(C(=O)Nc3ccccc3)cn2)cc1. The highest BCUT2D eigenvalue weighted by molar-refractivity contribution is 6.02. The third-order valence-corrected chi connectivity index (χ3v) is 3.28. The van der Waals surface area contributed by atoms with Crippen LogP contribution in [0.1, 0.15) is 10.5 Å². The maximum absolute atomic E-state index is 12.1. The molecule has 0 saturated carbocycles. The first-order chi connectivity index (χ1) is 11.7. The number of benzene rings is 2. The van der Waals surface area contributed by atoms with E-state index in [0.29, 0.717) is 11.5 Å². The van der Waals surface area contributed by atoms with Crippen molar-refractivity contribution >= 4 is 23.1 Å². The van der Waals surface area contributed by atoms with E-state index in [4.69, 9.17) is 4.74 Å². The molecule has 0 aliphatic heterocycles. The molecule has 3 aromatic rings. The molecule has 0 aliphatic rings. The molecule has 1 heterocycles. The molecule has 6 nitrogen and oxygen atoms in total. The highest BCUT2D eigenvalue weighted by Crippen LogP contribution is 2.18. The van der Waals surface area contributed by atoms with Gasteiger partial charge in [-0.2, -0.15) is 0 Å². The van der Waals surface area contributed by atoms with Gasteiger partial charge in [0.15, 0.2) is 0 Å². The molecule has 0 fully saturated rings. The van der Waals surface area contributed by atoms with Gasteiger partial charge in [-0.05, 0) is 36.4 Å². The first-order valence-corrected chi connectivity index (χ1v) is 7.34. The molecule has 1 aromatic heterocycles. The Bertz CT molecular complexity index is 803. The lowest BCUT2D eigenvalue weighted by Gasteiger charge is -2.07. The van der Waals surface area contributed by atoms with Crippen LogP contribution in [0.25, 0.3) is 0 Å². The van der Waals surface area contributed by atoms with E-state index in [1.165, 1.54) is 12.4 Å². The van der Waals surface area contributed by atoms with E-state index < -0.39 is 0 Å². The van der Waals surface area contributed by atoms with Gasteiger partial charge < -0.3 is 15.4 Å². The highest BCUT2D eigenvalue weighted by atomic mass is 16.5. The van der Waals surface area contributed by atoms with Crippen LogP contribution in [0.4, 0.5) is 17.2 Å². The highest BCUT2D eigenvalue weighted by Gasteiger charge is 2.08. The van der Waals surface area contributed by atoms with Crippen LogP contribution in [-0.4, -0.2) is 23.0 Å². The molecule has 0 saturated heterocycles. The Balaban J connectivity index is 1.65. The number of nitrogens with one attached hydrogen (secondary N) is 2. The van der Waals surface area contributed by atoms with Crippen LogP contribution < -0.4 is 15.4 Å². The second-order valence-electron chi connectivity index (χ2n) is 4.96. The van der Waals surface area contributed by atoms with Crippen molar-refractivity contribution in [3.8, 4) is 5.75 Å². The normalized spacial score (nSPS) is 10.0. The Labute approximate surface area is 139 Å². The second kappa shape index (κ2) is 7.23. The van der Waals surface area contributed by atoms with E-state index in [-0.39, 0.29) is 11.6 Å². The molecule has 3 rings (SSSR count). The van der Waals surface area contributed by atoms with Crippen LogP contribution in [0.2, 0.25) is 0 Å². The molecule has 0 unspecified atom stereocenters. The van der Waals surface area contributed by atoms with Gasteiger partial charge >= 0.3 is 0 Å². The van der Waals surface area contributed by atoms with Crippen LogP contribution in [0.15, 0.2) is 67.0 Å². The summed E-state index contributed by atoms with van der Waals surface area (Å²) < 4.78 is 5.11. The summed E-state index contributed by atoms with van der Waals surface area (Å²) in [5, 5.41) is 5.87. The van der Waals surface area contributed by atoms with Gasteiger partial charge in [0, 0.05) is 11.4 Å². The molecule has 120 valence electrons. The third-order valence-electron chi connectivity index (χ3n) is 3.28. The zero-order valence-corrected chi connectivity index (χ0v) is 13.1. The summed E-state index contributed by atoms with van der Waals surface area (Å²) in [4.78, 5) is 20.5. The average Bonchev–Trinajstić information content (AvgIpc) is 2.64. The van der Waals surface area contributed by atoms with Gasteiger partial charge in [0.1, 0.15) is 17.3 Å². The number of carbonyl (C=O) groups is 1. The molecule has 0 bridgehead atoms. The van der Waals surface area contributed by atoms with Crippen molar-refractivity contribution in [2.24, 2.45) is 0 Å². The number of ether oxygens (including phenoxy) is 1. The molecule has 0 aliphatic carbocycles. The Morgan fingerprint density at radius 2 is 1.67 bits per heavy atom. The van der Waals surface area contributed by atoms with Gasteiger partial charge in [-0.3, -0.25) is 4.79 Å². The Kier molecular flexibility index (Phi) is 4.67. The van der Waals surface area contributed by atoms with E-state index >= 15 is 0 Å². The quantitative estimate of drug-likeness (QED) is 0.752. The van der Waals surface area contributed by atoms with Crippen molar-refractivity contribution in [3.05, 3.63) is 72.7 Å². The summed E-state index contributed by atoms with van der Waals surface area (Å²) in [7, 11) is 1.62. The number of rotatable bonds is 5. The lowest BCUT2D eigenvalue weighted by atomic mass is 10.3. The maximum atomic E-state index is 12.1. The van der Waals surface area contributed by atoms with Crippen molar-refractivity contribution in [3.63, 3.8) is 0 Å². The largest absolute Gasteiger partial charge is 0.497 e. The number of hydrogen-bond acceptors (Lipinski definition) is 5. The Hall–Kier alpha value is -3.41. The van der Waals surface area contributed by atoms with Crippen molar-refractivity contribution in [2.75, 3.05) is 17.7 Å². The van der Waals surface area contributed by atoms with Crippen molar-refractivity contribution in [2.45, 2.75) is 0 Å². The van der Waals surface area contributed by atoms with Gasteiger partial charge in [-0.1, -0.05) is 18.2 Å². The van der Waals surface area contributed by atoms with Crippen LogP contribution in [0, 0.1) is 0 Å². The summed E-state index contributed by atoms with van der Waals surface area (Å²) in [6.07, 6.45) is 2.95. The number of carbonyl (C=O) groups excluding carboxylic acids is 1. The molecule has 1 amide bonds. The summed E-state index contributed by atoms with van der Waals surface area (Å²) in [6.45, 7) is 0. The fourth-order valence-corrected chi connectivity index (χ4v) is 2.05. The van der Waals surface area contributed by atoms with Gasteiger partial charge in [0.25, 0.3) is 5.91 Å². The van der Waals surface area contributed by atoms with Gasteiger partial charge in [0.05, 0.1) is 19.5 Å². The maximum Gasteiger partial charge on any atom is 0.275 e. The van der Waals surface area contributed by atoms with Crippen molar-refractivity contribution < 1.29 is 9.53 Å². The number of aromatic nitrogens is 2. The smallest absolute Gasteiger partial charge is 0.275 e. The average molecular weight is 320 g/mol. The van der Waals surface area contributed by atoms with Crippen LogP contribution in [0.3, 0.4) is 0 Å². The monoisotopic (exact) mass is 320 g/mol. The minimum atomic E-state index is -0.301. The molecule has 6 heteroatoms. The molecule has 2 N–H and O–H groups in total. The predicted octanol–water partition coefficient (Wildman–Crippen LogP) is 3.48. The van der Waals surface area contributed by atoms with Crippen LogP contribution >= 0.6 is 0 Å². The molecule has 0 radical (unpaired) electrons. The Morgan fingerprint density at radius 3 is 2.29 bits per heavy atom. The fourth-order valence-electron chi connectivity index (χ4n) is 2.05. The second-order valence-corrected chi connectivity index (χ2v) is 4.96. The van der Waals surface area contributed by atoms with Gasteiger partial charge in [-0.25, -0.2) is 9.97 Å². The van der Waals surface area contributed by atoms with Crippen LogP contribution in [-0.2, 0) is 0 Å². The first kappa shape index (κ1) is 15.5. The lowest BCUT2D eigenvalue weighted by molar-refractivity contribution is 0.102. The van der Waals surface area contributed by atoms with Gasteiger partial charge in [0.2, 0.25) is 0 Å². The zero-order valence-electron chi connectivity index (χ0n) is 13.1. The standard InChI is InChI=1S/C18H16N4O2/c1-24-15-9-7-14(8-10-15)21-17-12-19-16(11-20-17)18(23)22-13-5-3-2-4-6-13/h2-12H,1H3,(H,20,21)(H,22,23). The fraction of sp³-hybridized carbons (Fsp3) is 0.0556. The predicted molar refractivity (Wildman–Crippen MR) is 92.7 cm³/mol. The number of para-hydroxylation sites is 1. The number of nitrogens with zero attached hydrogens (tertiary/aromatic N) is 2. The van der Waals surface area contributed by atoms with E-state index in [1.54, 1.807) is 7.11 Å². The van der Waals surface area contributed by atoms with Crippen molar-refractivity contribution in [1.29, 1.82) is 0 Å². The zero-order chi connectivity index (χ0) is 16.8. The topological polar surface area (TPSA) is 76.1 Å². The summed E-state index contributed by atoms with van der Waals surface area (Å²) >= 11 is 0. The molecular formula is C18H16N4O2. The van der Waals surface area contributed by atoms with Gasteiger partial charge in [-0.15, -0.1) is 0 Å². The summed E-state index contributed by atoms with van der Waals surface area (Å²) in [5.74, 6) is 1.03. The number of hydrogen-bond donors (Lipinski definition) is 2. The van der Waals surface area contributed by atoms with Crippen molar-refractivity contribution in [1.82, 2.24) is 9.97 Å². The number of amides is 1.